The van der Waals surface area contributed by atoms with Crippen LogP contribution in [-0.2, 0) is 6.42 Å². The van der Waals surface area contributed by atoms with Gasteiger partial charge < -0.3 is 14.8 Å². The monoisotopic (exact) mass is 312 g/mol. The zero-order chi connectivity index (χ0) is 15.8. The first kappa shape index (κ1) is 14.0. The molecule has 1 fully saturated rings. The number of nitrogens with zero attached hydrogens (tertiary/aromatic N) is 2. The van der Waals surface area contributed by atoms with E-state index in [0.717, 1.165) is 37.9 Å². The fraction of sp³-hybridized carbons (Fsp3) is 0.579. The number of piperidine rings is 1. The number of benzene rings is 1. The summed E-state index contributed by atoms with van der Waals surface area (Å²) in [7, 11) is 0. The normalized spacial score (nSPS) is 34.4. The topological polar surface area (TPSA) is 48.6 Å². The van der Waals surface area contributed by atoms with Gasteiger partial charge in [0, 0.05) is 29.5 Å². The highest BCUT2D eigenvalue weighted by Gasteiger charge is 2.55. The van der Waals surface area contributed by atoms with E-state index in [0.29, 0.717) is 6.42 Å². The van der Waals surface area contributed by atoms with Gasteiger partial charge in [-0.25, -0.2) is 0 Å². The summed E-state index contributed by atoms with van der Waals surface area (Å²) in [4.78, 5) is 2.56. The molecule has 4 heterocycles. The molecule has 2 N–H and O–H groups in total. The first-order valence-corrected chi connectivity index (χ1v) is 8.85. The smallest absolute Gasteiger partial charge is 0.131 e. The summed E-state index contributed by atoms with van der Waals surface area (Å²) in [6.07, 6.45) is 2.88. The lowest BCUT2D eigenvalue weighted by atomic mass is 9.63. The third-order valence-corrected chi connectivity index (χ3v) is 6.66. The molecular weight excluding hydrogens is 288 g/mol. The molecule has 5 rings (SSSR count). The predicted octanol–water partition coefficient (Wildman–Crippen LogP) is 2.60. The second kappa shape index (κ2) is 4.59. The van der Waals surface area contributed by atoms with Gasteiger partial charge in [-0.05, 0) is 44.4 Å². The van der Waals surface area contributed by atoms with Crippen LogP contribution in [0, 0.1) is 5.41 Å². The van der Waals surface area contributed by atoms with Gasteiger partial charge in [-0.2, -0.15) is 0 Å². The van der Waals surface area contributed by atoms with Gasteiger partial charge in [-0.15, -0.1) is 0 Å². The zero-order valence-corrected chi connectivity index (χ0v) is 13.6. The SMILES string of the molecule is C[C@@H](O)[C@@]12CCCN3CCc4c(n(c5ccccc45)[C@@H](O)C1)[C@H]32. The fourth-order valence-electron chi connectivity index (χ4n) is 5.67. The van der Waals surface area contributed by atoms with Crippen molar-refractivity contribution in [2.45, 2.75) is 51.0 Å². The molecule has 1 aromatic heterocycles. The van der Waals surface area contributed by atoms with Gasteiger partial charge in [0.2, 0.25) is 0 Å². The van der Waals surface area contributed by atoms with Gasteiger partial charge in [-0.3, -0.25) is 4.90 Å². The van der Waals surface area contributed by atoms with Crippen LogP contribution in [0.2, 0.25) is 0 Å². The third-order valence-electron chi connectivity index (χ3n) is 6.66. The number of para-hydroxylation sites is 1. The Morgan fingerprint density at radius 2 is 2.09 bits per heavy atom. The Kier molecular flexibility index (Phi) is 2.80. The number of fused-ring (bicyclic) bond motifs is 3. The van der Waals surface area contributed by atoms with E-state index in [2.05, 4.69) is 33.7 Å². The maximum Gasteiger partial charge on any atom is 0.131 e. The van der Waals surface area contributed by atoms with Crippen molar-refractivity contribution in [2.24, 2.45) is 5.41 Å². The van der Waals surface area contributed by atoms with Gasteiger partial charge >= 0.3 is 0 Å². The summed E-state index contributed by atoms with van der Waals surface area (Å²) in [5.74, 6) is 0. The number of hydrogen-bond acceptors (Lipinski definition) is 3. The highest BCUT2D eigenvalue weighted by atomic mass is 16.3. The van der Waals surface area contributed by atoms with Gasteiger partial charge in [0.05, 0.1) is 17.7 Å². The Labute approximate surface area is 136 Å². The number of aliphatic hydroxyl groups excluding tert-OH is 2. The van der Waals surface area contributed by atoms with Crippen LogP contribution in [-0.4, -0.2) is 38.9 Å². The standard InChI is InChI=1S/C19H24N2O2/c1-12(22)19-8-4-9-20-10-7-14-13-5-2-3-6-15(13)21(16(23)11-19)17(14)18(19)20/h2-3,5-6,12,16,18,22-23H,4,7-11H2,1H3/t12-,16+,18+,19-/m1/s1. The molecule has 0 aliphatic carbocycles. The molecule has 3 aliphatic rings. The first-order valence-electron chi connectivity index (χ1n) is 8.85. The molecule has 0 radical (unpaired) electrons. The Morgan fingerprint density at radius 1 is 1.26 bits per heavy atom. The maximum absolute atomic E-state index is 11.0. The maximum atomic E-state index is 11.0. The Bertz CT molecular complexity index is 781. The van der Waals surface area contributed by atoms with E-state index in [1.165, 1.54) is 16.6 Å². The molecule has 2 aromatic rings. The van der Waals surface area contributed by atoms with Crippen LogP contribution in [0.1, 0.15) is 49.7 Å². The minimum Gasteiger partial charge on any atom is -0.393 e. The molecule has 23 heavy (non-hydrogen) atoms. The fourth-order valence-corrected chi connectivity index (χ4v) is 5.67. The van der Waals surface area contributed by atoms with Crippen molar-refractivity contribution >= 4 is 10.9 Å². The third kappa shape index (κ3) is 1.61. The van der Waals surface area contributed by atoms with Crippen LogP contribution in [0.3, 0.4) is 0 Å². The van der Waals surface area contributed by atoms with Crippen LogP contribution < -0.4 is 0 Å². The molecule has 3 aliphatic heterocycles. The lowest BCUT2D eigenvalue weighted by Crippen LogP contribution is -2.57. The molecule has 122 valence electrons. The largest absolute Gasteiger partial charge is 0.393 e. The van der Waals surface area contributed by atoms with E-state index < -0.39 is 12.3 Å². The summed E-state index contributed by atoms with van der Waals surface area (Å²) in [6.45, 7) is 4.09. The molecule has 0 spiro atoms. The minimum atomic E-state index is -0.535. The number of aliphatic hydroxyl groups is 2. The molecule has 1 saturated heterocycles. The molecule has 4 atom stereocenters. The molecule has 4 nitrogen and oxygen atoms in total. The van der Waals surface area contributed by atoms with Crippen molar-refractivity contribution < 1.29 is 10.2 Å². The van der Waals surface area contributed by atoms with Crippen LogP contribution in [0.4, 0.5) is 0 Å². The average Bonchev–Trinajstić information content (AvgIpc) is 2.89. The number of rotatable bonds is 1. The average molecular weight is 312 g/mol. The van der Waals surface area contributed by atoms with E-state index in [4.69, 9.17) is 0 Å². The molecule has 0 amide bonds. The van der Waals surface area contributed by atoms with Gasteiger partial charge in [0.15, 0.2) is 0 Å². The van der Waals surface area contributed by atoms with Crippen LogP contribution in [0.25, 0.3) is 10.9 Å². The molecule has 0 bridgehead atoms. The van der Waals surface area contributed by atoms with Gasteiger partial charge in [0.1, 0.15) is 6.23 Å². The summed E-state index contributed by atoms with van der Waals surface area (Å²) >= 11 is 0. The van der Waals surface area contributed by atoms with Crippen molar-refractivity contribution in [1.82, 2.24) is 9.47 Å². The van der Waals surface area contributed by atoms with Gasteiger partial charge in [-0.1, -0.05) is 18.2 Å². The Morgan fingerprint density at radius 3 is 2.91 bits per heavy atom. The zero-order valence-electron chi connectivity index (χ0n) is 13.6. The summed E-state index contributed by atoms with van der Waals surface area (Å²) in [5, 5.41) is 22.9. The summed E-state index contributed by atoms with van der Waals surface area (Å²) in [5.41, 5.74) is 3.61. The summed E-state index contributed by atoms with van der Waals surface area (Å²) < 4.78 is 2.16. The van der Waals surface area contributed by atoms with Crippen LogP contribution >= 0.6 is 0 Å². The minimum absolute atomic E-state index is 0.211. The number of hydrogen-bond donors (Lipinski definition) is 2. The van der Waals surface area contributed by atoms with E-state index in [1.54, 1.807) is 0 Å². The molecule has 0 unspecified atom stereocenters. The Balaban J connectivity index is 1.85. The van der Waals surface area contributed by atoms with E-state index in [-0.39, 0.29) is 11.5 Å². The van der Waals surface area contributed by atoms with Crippen LogP contribution in [0.5, 0.6) is 0 Å². The highest BCUT2D eigenvalue weighted by molar-refractivity contribution is 5.86. The first-order chi connectivity index (χ1) is 11.1. The molecule has 4 heteroatoms. The van der Waals surface area contributed by atoms with E-state index in [9.17, 15) is 10.2 Å². The van der Waals surface area contributed by atoms with Crippen molar-refractivity contribution in [2.75, 3.05) is 13.1 Å². The molecular formula is C19H24N2O2. The van der Waals surface area contributed by atoms with Gasteiger partial charge in [0.25, 0.3) is 0 Å². The van der Waals surface area contributed by atoms with Crippen molar-refractivity contribution in [3.63, 3.8) is 0 Å². The lowest BCUT2D eigenvalue weighted by molar-refractivity contribution is -0.130. The van der Waals surface area contributed by atoms with Crippen LogP contribution in [0.15, 0.2) is 24.3 Å². The second-order valence-corrected chi connectivity index (χ2v) is 7.64. The number of aromatic nitrogens is 1. The van der Waals surface area contributed by atoms with Crippen molar-refractivity contribution in [1.29, 1.82) is 0 Å². The quantitative estimate of drug-likeness (QED) is 0.851. The van der Waals surface area contributed by atoms with Crippen molar-refractivity contribution in [3.05, 3.63) is 35.5 Å². The van der Waals surface area contributed by atoms with E-state index in [1.807, 2.05) is 6.92 Å². The molecule has 1 aromatic carbocycles. The van der Waals surface area contributed by atoms with Crippen molar-refractivity contribution in [3.8, 4) is 0 Å². The summed E-state index contributed by atoms with van der Waals surface area (Å²) in [6, 6.07) is 8.70. The predicted molar refractivity (Wildman–Crippen MR) is 89.2 cm³/mol. The highest BCUT2D eigenvalue weighted by Crippen LogP contribution is 2.59. The Hall–Kier alpha value is -1.36. The second-order valence-electron chi connectivity index (χ2n) is 7.64. The molecule has 0 saturated carbocycles. The lowest BCUT2D eigenvalue weighted by Gasteiger charge is -2.57. The van der Waals surface area contributed by atoms with E-state index >= 15 is 0 Å².